The molecule has 1 heterocycles. The highest BCUT2D eigenvalue weighted by molar-refractivity contribution is 6.34. The Morgan fingerprint density at radius 2 is 1.82 bits per heavy atom. The number of phenolic OH excluding ortho intramolecular Hbond substituents is 1. The summed E-state index contributed by atoms with van der Waals surface area (Å²) in [6.45, 7) is 0. The highest BCUT2D eigenvalue weighted by Gasteiger charge is 2.34. The largest absolute Gasteiger partial charge is 0.507 e. The minimum atomic E-state index is -4.66. The molecule has 0 aromatic heterocycles. The number of benzene rings is 2. The summed E-state index contributed by atoms with van der Waals surface area (Å²) in [6.07, 6.45) is -3.29. The molecule has 0 saturated carbocycles. The fourth-order valence-corrected chi connectivity index (χ4v) is 2.32. The van der Waals surface area contributed by atoms with Crippen LogP contribution in [0.1, 0.15) is 16.7 Å². The summed E-state index contributed by atoms with van der Waals surface area (Å²) in [4.78, 5) is 11.9. The lowest BCUT2D eigenvalue weighted by Gasteiger charge is -2.09. The lowest BCUT2D eigenvalue weighted by Crippen LogP contribution is -2.06. The third-order valence-electron chi connectivity index (χ3n) is 3.35. The minimum Gasteiger partial charge on any atom is -0.507 e. The number of fused-ring (bicyclic) bond motifs is 1. The first-order valence-electron chi connectivity index (χ1n) is 6.39. The summed E-state index contributed by atoms with van der Waals surface area (Å²) >= 11 is 0. The van der Waals surface area contributed by atoms with E-state index in [0.29, 0.717) is 11.3 Å². The zero-order valence-corrected chi connectivity index (χ0v) is 11.1. The van der Waals surface area contributed by atoms with Gasteiger partial charge in [0.15, 0.2) is 0 Å². The van der Waals surface area contributed by atoms with Crippen molar-refractivity contribution in [3.8, 4) is 5.75 Å². The van der Waals surface area contributed by atoms with Gasteiger partial charge in [-0.25, -0.2) is 0 Å². The predicted octanol–water partition coefficient (Wildman–Crippen LogP) is 3.90. The van der Waals surface area contributed by atoms with Crippen molar-refractivity contribution >= 4 is 23.2 Å². The Kier molecular flexibility index (Phi) is 3.16. The van der Waals surface area contributed by atoms with Gasteiger partial charge < -0.3 is 10.4 Å². The van der Waals surface area contributed by atoms with E-state index in [1.165, 1.54) is 12.1 Å². The smallest absolute Gasteiger partial charge is 0.419 e. The second-order valence-electron chi connectivity index (χ2n) is 4.83. The van der Waals surface area contributed by atoms with E-state index in [1.54, 1.807) is 24.3 Å². The van der Waals surface area contributed by atoms with Gasteiger partial charge in [0.25, 0.3) is 5.91 Å². The fourth-order valence-electron chi connectivity index (χ4n) is 2.32. The molecular formula is C16H10F3NO2. The molecule has 0 aliphatic carbocycles. The van der Waals surface area contributed by atoms with Crippen LogP contribution in [0.4, 0.5) is 18.9 Å². The molecule has 0 unspecified atom stereocenters. The monoisotopic (exact) mass is 305 g/mol. The number of halogens is 3. The molecule has 3 rings (SSSR count). The van der Waals surface area contributed by atoms with Crippen molar-refractivity contribution in [2.75, 3.05) is 5.32 Å². The average molecular weight is 305 g/mol. The van der Waals surface area contributed by atoms with Crippen LogP contribution in [0.25, 0.3) is 11.6 Å². The summed E-state index contributed by atoms with van der Waals surface area (Å²) in [5, 5.41) is 12.0. The Morgan fingerprint density at radius 3 is 2.55 bits per heavy atom. The summed E-state index contributed by atoms with van der Waals surface area (Å²) in [6, 6.07) is 10.0. The zero-order valence-electron chi connectivity index (χ0n) is 11.1. The molecule has 1 aliphatic rings. The van der Waals surface area contributed by atoms with Crippen LogP contribution in [0.3, 0.4) is 0 Å². The number of nitrogens with one attached hydrogen (secondary N) is 1. The van der Waals surface area contributed by atoms with Crippen LogP contribution in [0.2, 0.25) is 0 Å². The summed E-state index contributed by atoms with van der Waals surface area (Å²) in [7, 11) is 0. The van der Waals surface area contributed by atoms with Gasteiger partial charge in [-0.05, 0) is 29.8 Å². The first-order valence-corrected chi connectivity index (χ1v) is 6.39. The number of amides is 1. The number of alkyl halides is 3. The number of para-hydroxylation sites is 1. The van der Waals surface area contributed by atoms with Crippen LogP contribution >= 0.6 is 0 Å². The second kappa shape index (κ2) is 4.91. The number of carbonyl (C=O) groups is 1. The van der Waals surface area contributed by atoms with Crippen molar-refractivity contribution in [3.63, 3.8) is 0 Å². The summed E-state index contributed by atoms with van der Waals surface area (Å²) in [5.41, 5.74) is 0.595. The number of anilines is 1. The van der Waals surface area contributed by atoms with E-state index in [2.05, 4.69) is 5.32 Å². The molecule has 1 aliphatic heterocycles. The zero-order chi connectivity index (χ0) is 15.9. The molecule has 3 nitrogen and oxygen atoms in total. The van der Waals surface area contributed by atoms with Gasteiger partial charge in [0.05, 0.1) is 5.56 Å². The summed E-state index contributed by atoms with van der Waals surface area (Å²) < 4.78 is 38.4. The van der Waals surface area contributed by atoms with Crippen molar-refractivity contribution in [1.29, 1.82) is 0 Å². The number of hydrogen-bond acceptors (Lipinski definition) is 2. The Balaban J connectivity index is 2.08. The Hall–Kier alpha value is -2.76. The minimum absolute atomic E-state index is 0.187. The van der Waals surface area contributed by atoms with Crippen LogP contribution < -0.4 is 5.32 Å². The molecule has 0 fully saturated rings. The number of phenols is 1. The average Bonchev–Trinajstić information content (AvgIpc) is 2.76. The van der Waals surface area contributed by atoms with E-state index in [4.69, 9.17) is 0 Å². The van der Waals surface area contributed by atoms with Gasteiger partial charge in [-0.1, -0.05) is 24.3 Å². The van der Waals surface area contributed by atoms with Crippen molar-refractivity contribution in [2.45, 2.75) is 6.18 Å². The number of rotatable bonds is 1. The normalized spacial score (nSPS) is 15.8. The number of carbonyl (C=O) groups excluding carboxylic acids is 1. The fraction of sp³-hybridized carbons (Fsp3) is 0.0625. The standard InChI is InChI=1S/C16H10F3NO2/c17-16(18,19)12-8-9(5-6-14(12)21)7-11-10-3-1-2-4-13(10)20-15(11)22/h1-8,21H,(H,20,22)/b11-7+. The molecule has 112 valence electrons. The topological polar surface area (TPSA) is 49.3 Å². The predicted molar refractivity (Wildman–Crippen MR) is 76.1 cm³/mol. The molecule has 2 aromatic rings. The van der Waals surface area contributed by atoms with Crippen LogP contribution in [0.5, 0.6) is 5.75 Å². The first kappa shape index (κ1) is 14.2. The van der Waals surface area contributed by atoms with E-state index in [0.717, 1.165) is 12.1 Å². The van der Waals surface area contributed by atoms with Crippen molar-refractivity contribution in [2.24, 2.45) is 0 Å². The van der Waals surface area contributed by atoms with Gasteiger partial charge >= 0.3 is 6.18 Å². The lowest BCUT2D eigenvalue weighted by molar-refractivity contribution is -0.138. The number of hydrogen-bond donors (Lipinski definition) is 2. The highest BCUT2D eigenvalue weighted by Crippen LogP contribution is 2.38. The molecular weight excluding hydrogens is 295 g/mol. The van der Waals surface area contributed by atoms with Gasteiger partial charge in [-0.3, -0.25) is 4.79 Å². The van der Waals surface area contributed by atoms with Crippen LogP contribution in [0.15, 0.2) is 42.5 Å². The molecule has 6 heteroatoms. The third kappa shape index (κ3) is 2.43. The SMILES string of the molecule is O=C1Nc2ccccc2/C1=C\c1ccc(O)c(C(F)(F)F)c1. The molecule has 0 bridgehead atoms. The quantitative estimate of drug-likeness (QED) is 0.785. The first-order chi connectivity index (χ1) is 10.4. The summed E-state index contributed by atoms with van der Waals surface area (Å²) in [5.74, 6) is -1.21. The molecule has 2 aromatic carbocycles. The van der Waals surface area contributed by atoms with E-state index in [-0.39, 0.29) is 17.0 Å². The molecule has 2 N–H and O–H groups in total. The molecule has 0 spiro atoms. The van der Waals surface area contributed by atoms with Crippen LogP contribution in [-0.4, -0.2) is 11.0 Å². The Labute approximate surface area is 123 Å². The maximum Gasteiger partial charge on any atom is 0.419 e. The second-order valence-corrected chi connectivity index (χ2v) is 4.83. The van der Waals surface area contributed by atoms with Crippen molar-refractivity contribution in [1.82, 2.24) is 0 Å². The highest BCUT2D eigenvalue weighted by atomic mass is 19.4. The lowest BCUT2D eigenvalue weighted by atomic mass is 10.0. The van der Waals surface area contributed by atoms with Gasteiger partial charge in [-0.15, -0.1) is 0 Å². The van der Waals surface area contributed by atoms with E-state index < -0.39 is 17.5 Å². The van der Waals surface area contributed by atoms with E-state index in [1.807, 2.05) is 0 Å². The van der Waals surface area contributed by atoms with E-state index >= 15 is 0 Å². The van der Waals surface area contributed by atoms with Crippen LogP contribution in [0, 0.1) is 0 Å². The Morgan fingerprint density at radius 1 is 1.09 bits per heavy atom. The maximum absolute atomic E-state index is 12.8. The molecule has 0 radical (unpaired) electrons. The van der Waals surface area contributed by atoms with E-state index in [9.17, 15) is 23.1 Å². The van der Waals surface area contributed by atoms with Crippen molar-refractivity contribution < 1.29 is 23.1 Å². The van der Waals surface area contributed by atoms with Gasteiger partial charge in [0.1, 0.15) is 5.75 Å². The molecule has 0 atom stereocenters. The van der Waals surface area contributed by atoms with Gasteiger partial charge in [-0.2, -0.15) is 13.2 Å². The molecule has 1 amide bonds. The molecule has 0 saturated heterocycles. The van der Waals surface area contributed by atoms with Gasteiger partial charge in [0.2, 0.25) is 0 Å². The Bertz CT molecular complexity index is 794. The van der Waals surface area contributed by atoms with Crippen molar-refractivity contribution in [3.05, 3.63) is 59.2 Å². The van der Waals surface area contributed by atoms with Gasteiger partial charge in [0, 0.05) is 16.8 Å². The molecule has 22 heavy (non-hydrogen) atoms. The third-order valence-corrected chi connectivity index (χ3v) is 3.35. The number of aromatic hydroxyl groups is 1. The maximum atomic E-state index is 12.8. The van der Waals surface area contributed by atoms with Crippen LogP contribution in [-0.2, 0) is 11.0 Å².